The van der Waals surface area contributed by atoms with E-state index >= 15 is 0 Å². The molecule has 0 amide bonds. The summed E-state index contributed by atoms with van der Waals surface area (Å²) in [6.45, 7) is 4.47. The van der Waals surface area contributed by atoms with E-state index in [2.05, 4.69) is 158 Å². The molecule has 0 saturated carbocycles. The third-order valence-corrected chi connectivity index (χ3v) is 7.55. The Kier molecular flexibility index (Phi) is 7.56. The van der Waals surface area contributed by atoms with E-state index in [1.54, 1.807) is 0 Å². The molecule has 6 aromatic carbocycles. The molecule has 6 rings (SSSR count). The molecule has 0 bridgehead atoms. The van der Waals surface area contributed by atoms with Gasteiger partial charge in [0, 0.05) is 17.1 Å². The number of benzene rings is 6. The molecule has 6 aromatic rings. The van der Waals surface area contributed by atoms with Crippen molar-refractivity contribution in [2.75, 3.05) is 4.90 Å². The predicted octanol–water partition coefficient (Wildman–Crippen LogP) is 9.82. The quantitative estimate of drug-likeness (QED) is 0.148. The number of fused-ring (bicyclic) bond motifs is 1. The summed E-state index contributed by atoms with van der Waals surface area (Å²) >= 11 is 0. The van der Waals surface area contributed by atoms with Crippen LogP contribution in [0.1, 0.15) is 42.0 Å². The van der Waals surface area contributed by atoms with Crippen molar-refractivity contribution < 1.29 is 0 Å². The van der Waals surface area contributed by atoms with Gasteiger partial charge in [-0.15, -0.1) is 0 Å². The number of para-hydroxylation sites is 2. The van der Waals surface area contributed by atoms with Gasteiger partial charge in [0.15, 0.2) is 0 Å². The second-order valence-corrected chi connectivity index (χ2v) is 10.8. The van der Waals surface area contributed by atoms with Crippen molar-refractivity contribution in [2.45, 2.75) is 19.8 Å². The summed E-state index contributed by atoms with van der Waals surface area (Å²) in [5.41, 5.74) is 10.2. The molecule has 0 unspecified atom stereocenters. The topological polar surface area (TPSA) is 3.24 Å². The standard InChI is InChI=1S/C39H32BN/c1-28(2)30-15-17-31(18-16-30)39(26-29-13-14-34-27-35(40)22-19-33(34)25-29)32-20-23-38(24-21-32)41(36-9-5-3-6-10-36)37-11-7-4-8-12-37/h3-28H,1-2H3/b39-26+. The van der Waals surface area contributed by atoms with E-state index in [4.69, 9.17) is 7.85 Å². The molecule has 0 aromatic heterocycles. The van der Waals surface area contributed by atoms with Gasteiger partial charge < -0.3 is 4.90 Å². The van der Waals surface area contributed by atoms with Crippen LogP contribution in [0.5, 0.6) is 0 Å². The number of hydrogen-bond acceptors (Lipinski definition) is 1. The normalized spacial score (nSPS) is 11.6. The lowest BCUT2D eigenvalue weighted by atomic mass is 9.91. The van der Waals surface area contributed by atoms with Gasteiger partial charge in [0.1, 0.15) is 7.85 Å². The first-order chi connectivity index (χ1) is 20.0. The first-order valence-electron chi connectivity index (χ1n) is 14.2. The summed E-state index contributed by atoms with van der Waals surface area (Å²) < 4.78 is 0. The third kappa shape index (κ3) is 5.88. The molecule has 0 aliphatic carbocycles. The average Bonchev–Trinajstić information content (AvgIpc) is 3.01. The number of anilines is 3. The Morgan fingerprint density at radius 3 is 1.66 bits per heavy atom. The fraction of sp³-hybridized carbons (Fsp3) is 0.0769. The summed E-state index contributed by atoms with van der Waals surface area (Å²) in [6.07, 6.45) is 2.29. The minimum absolute atomic E-state index is 0.491. The Labute approximate surface area is 244 Å². The Hall–Kier alpha value is -4.82. The van der Waals surface area contributed by atoms with E-state index in [1.165, 1.54) is 27.6 Å². The van der Waals surface area contributed by atoms with Gasteiger partial charge in [-0.2, -0.15) is 0 Å². The maximum atomic E-state index is 6.02. The fourth-order valence-electron chi connectivity index (χ4n) is 5.31. The highest BCUT2D eigenvalue weighted by Gasteiger charge is 2.13. The van der Waals surface area contributed by atoms with E-state index in [0.29, 0.717) is 5.92 Å². The smallest absolute Gasteiger partial charge is 0.113 e. The molecule has 0 saturated heterocycles. The van der Waals surface area contributed by atoms with Crippen molar-refractivity contribution >= 4 is 52.8 Å². The predicted molar refractivity (Wildman–Crippen MR) is 178 cm³/mol. The lowest BCUT2D eigenvalue weighted by Crippen LogP contribution is -2.09. The molecule has 0 N–H and O–H groups in total. The van der Waals surface area contributed by atoms with Crippen molar-refractivity contribution in [3.8, 4) is 0 Å². The molecular weight excluding hydrogens is 493 g/mol. The summed E-state index contributed by atoms with van der Waals surface area (Å²) in [4.78, 5) is 2.29. The van der Waals surface area contributed by atoms with Crippen LogP contribution in [0.15, 0.2) is 146 Å². The molecule has 0 aliphatic heterocycles. The van der Waals surface area contributed by atoms with Crippen LogP contribution >= 0.6 is 0 Å². The van der Waals surface area contributed by atoms with Crippen molar-refractivity contribution in [2.24, 2.45) is 0 Å². The van der Waals surface area contributed by atoms with Crippen LogP contribution in [0.25, 0.3) is 22.4 Å². The van der Waals surface area contributed by atoms with Crippen LogP contribution in [0.4, 0.5) is 17.1 Å². The van der Waals surface area contributed by atoms with Gasteiger partial charge in [0.25, 0.3) is 0 Å². The Morgan fingerprint density at radius 1 is 0.561 bits per heavy atom. The molecule has 2 radical (unpaired) electrons. The highest BCUT2D eigenvalue weighted by Crippen LogP contribution is 2.36. The van der Waals surface area contributed by atoms with Crippen molar-refractivity contribution in [3.05, 3.63) is 168 Å². The van der Waals surface area contributed by atoms with Gasteiger partial charge in [-0.25, -0.2) is 0 Å². The Morgan fingerprint density at radius 2 is 1.07 bits per heavy atom. The van der Waals surface area contributed by atoms with Crippen LogP contribution in [0, 0.1) is 0 Å². The molecule has 0 fully saturated rings. The van der Waals surface area contributed by atoms with Gasteiger partial charge in [-0.05, 0) is 93.1 Å². The monoisotopic (exact) mass is 525 g/mol. The molecule has 0 heterocycles. The van der Waals surface area contributed by atoms with Crippen molar-refractivity contribution in [3.63, 3.8) is 0 Å². The second kappa shape index (κ2) is 11.7. The zero-order valence-corrected chi connectivity index (χ0v) is 23.5. The molecule has 41 heavy (non-hydrogen) atoms. The van der Waals surface area contributed by atoms with E-state index < -0.39 is 0 Å². The molecule has 2 heteroatoms. The fourth-order valence-corrected chi connectivity index (χ4v) is 5.31. The molecule has 0 spiro atoms. The zero-order chi connectivity index (χ0) is 28.2. The second-order valence-electron chi connectivity index (χ2n) is 10.8. The summed E-state index contributed by atoms with van der Waals surface area (Å²) in [5, 5.41) is 2.33. The first-order valence-corrected chi connectivity index (χ1v) is 14.2. The SMILES string of the molecule is [B]c1ccc2cc(/C=C(\c3ccc(C(C)C)cc3)c3ccc(N(c4ccccc4)c4ccccc4)cc3)ccc2c1. The minimum Gasteiger partial charge on any atom is -0.311 e. The zero-order valence-electron chi connectivity index (χ0n) is 23.5. The largest absolute Gasteiger partial charge is 0.311 e. The van der Waals surface area contributed by atoms with E-state index in [-0.39, 0.29) is 0 Å². The van der Waals surface area contributed by atoms with Crippen LogP contribution in [-0.2, 0) is 0 Å². The Balaban J connectivity index is 1.44. The van der Waals surface area contributed by atoms with E-state index in [0.717, 1.165) is 33.5 Å². The van der Waals surface area contributed by atoms with Crippen LogP contribution in [0.3, 0.4) is 0 Å². The van der Waals surface area contributed by atoms with E-state index in [9.17, 15) is 0 Å². The van der Waals surface area contributed by atoms with Gasteiger partial charge in [0.05, 0.1) is 0 Å². The highest BCUT2D eigenvalue weighted by molar-refractivity contribution is 6.33. The molecule has 0 aliphatic rings. The lowest BCUT2D eigenvalue weighted by Gasteiger charge is -2.25. The summed E-state index contributed by atoms with van der Waals surface area (Å²) in [5.74, 6) is 0.491. The minimum atomic E-state index is 0.491. The molecule has 196 valence electrons. The van der Waals surface area contributed by atoms with Gasteiger partial charge >= 0.3 is 0 Å². The van der Waals surface area contributed by atoms with Crippen LogP contribution < -0.4 is 10.4 Å². The summed E-state index contributed by atoms with van der Waals surface area (Å²) in [7, 11) is 6.02. The van der Waals surface area contributed by atoms with Crippen molar-refractivity contribution in [1.29, 1.82) is 0 Å². The maximum Gasteiger partial charge on any atom is 0.113 e. The Bertz CT molecular complexity index is 1750. The molecule has 1 nitrogen and oxygen atoms in total. The molecule has 0 atom stereocenters. The van der Waals surface area contributed by atoms with Gasteiger partial charge in [-0.3, -0.25) is 0 Å². The van der Waals surface area contributed by atoms with Crippen molar-refractivity contribution in [1.82, 2.24) is 0 Å². The van der Waals surface area contributed by atoms with Gasteiger partial charge in [-0.1, -0.05) is 122 Å². The number of nitrogens with zero attached hydrogens (tertiary/aromatic N) is 1. The first kappa shape index (κ1) is 26.4. The number of rotatable bonds is 7. The van der Waals surface area contributed by atoms with E-state index in [1.807, 2.05) is 12.1 Å². The summed E-state index contributed by atoms with van der Waals surface area (Å²) in [6, 6.07) is 51.6. The lowest BCUT2D eigenvalue weighted by molar-refractivity contribution is 0.866. The number of hydrogen-bond donors (Lipinski definition) is 0. The van der Waals surface area contributed by atoms with Crippen LogP contribution in [0.2, 0.25) is 0 Å². The highest BCUT2D eigenvalue weighted by atomic mass is 15.1. The third-order valence-electron chi connectivity index (χ3n) is 7.55. The van der Waals surface area contributed by atoms with Gasteiger partial charge in [0.2, 0.25) is 0 Å². The van der Waals surface area contributed by atoms with Crippen LogP contribution in [-0.4, -0.2) is 7.85 Å². The maximum absolute atomic E-state index is 6.02. The average molecular weight is 526 g/mol. The molecular formula is C39H32BN.